The van der Waals surface area contributed by atoms with Crippen LogP contribution in [0, 0.1) is 0 Å². The zero-order valence-corrected chi connectivity index (χ0v) is 9.69. The number of carbonyl (C=O) groups excluding carboxylic acids is 1. The SMILES string of the molecule is CONC(=O)CON=C(C(=O)O)c1cccs1. The number of hydroxylamine groups is 1. The minimum Gasteiger partial charge on any atom is -0.476 e. The molecule has 0 bridgehead atoms. The van der Waals surface area contributed by atoms with Crippen molar-refractivity contribution in [2.45, 2.75) is 0 Å². The number of thiophene rings is 1. The third-order valence-electron chi connectivity index (χ3n) is 1.52. The van der Waals surface area contributed by atoms with Gasteiger partial charge in [0.15, 0.2) is 6.61 Å². The van der Waals surface area contributed by atoms with Crippen molar-refractivity contribution in [3.63, 3.8) is 0 Å². The van der Waals surface area contributed by atoms with Crippen molar-refractivity contribution in [2.24, 2.45) is 5.16 Å². The highest BCUT2D eigenvalue weighted by Crippen LogP contribution is 2.10. The van der Waals surface area contributed by atoms with E-state index in [4.69, 9.17) is 5.11 Å². The minimum atomic E-state index is -1.22. The van der Waals surface area contributed by atoms with E-state index in [0.29, 0.717) is 4.88 Å². The van der Waals surface area contributed by atoms with Gasteiger partial charge in [0, 0.05) is 0 Å². The second-order valence-electron chi connectivity index (χ2n) is 2.73. The van der Waals surface area contributed by atoms with Crippen molar-refractivity contribution < 1.29 is 24.4 Å². The Morgan fingerprint density at radius 1 is 1.59 bits per heavy atom. The Morgan fingerprint density at radius 3 is 2.88 bits per heavy atom. The molecule has 7 nitrogen and oxygen atoms in total. The van der Waals surface area contributed by atoms with Gasteiger partial charge in [-0.3, -0.25) is 9.63 Å². The Morgan fingerprint density at radius 2 is 2.35 bits per heavy atom. The van der Waals surface area contributed by atoms with Crippen LogP contribution in [0.4, 0.5) is 0 Å². The van der Waals surface area contributed by atoms with Crippen molar-refractivity contribution in [1.29, 1.82) is 0 Å². The fraction of sp³-hybridized carbons (Fsp3) is 0.222. The molecular formula is C9H10N2O5S. The summed E-state index contributed by atoms with van der Waals surface area (Å²) in [7, 11) is 1.27. The van der Waals surface area contributed by atoms with Crippen LogP contribution in [0.25, 0.3) is 0 Å². The number of hydrogen-bond acceptors (Lipinski definition) is 6. The second-order valence-corrected chi connectivity index (χ2v) is 3.67. The molecule has 0 fully saturated rings. The molecule has 0 atom stereocenters. The van der Waals surface area contributed by atoms with Crippen molar-refractivity contribution in [2.75, 3.05) is 13.7 Å². The predicted octanol–water partition coefficient (Wildman–Crippen LogP) is 0.231. The zero-order valence-electron chi connectivity index (χ0n) is 8.87. The van der Waals surface area contributed by atoms with Crippen LogP contribution in [0.5, 0.6) is 0 Å². The van der Waals surface area contributed by atoms with Crippen molar-refractivity contribution in [1.82, 2.24) is 5.48 Å². The second kappa shape index (κ2) is 6.61. The Balaban J connectivity index is 2.60. The van der Waals surface area contributed by atoms with Gasteiger partial charge in [0.2, 0.25) is 5.71 Å². The molecule has 0 radical (unpaired) electrons. The van der Waals surface area contributed by atoms with Crippen LogP contribution in [0.2, 0.25) is 0 Å². The molecule has 0 saturated heterocycles. The van der Waals surface area contributed by atoms with E-state index in [-0.39, 0.29) is 5.71 Å². The lowest BCUT2D eigenvalue weighted by atomic mass is 10.3. The average Bonchev–Trinajstić information content (AvgIpc) is 2.77. The summed E-state index contributed by atoms with van der Waals surface area (Å²) in [5.41, 5.74) is 1.76. The van der Waals surface area contributed by atoms with Gasteiger partial charge in [0.1, 0.15) is 0 Å². The van der Waals surface area contributed by atoms with Crippen LogP contribution in [0.15, 0.2) is 22.7 Å². The first-order valence-electron chi connectivity index (χ1n) is 4.44. The number of nitrogens with one attached hydrogen (secondary N) is 1. The van der Waals surface area contributed by atoms with Gasteiger partial charge in [-0.15, -0.1) is 11.3 Å². The highest BCUT2D eigenvalue weighted by Gasteiger charge is 2.14. The smallest absolute Gasteiger partial charge is 0.359 e. The van der Waals surface area contributed by atoms with Crippen LogP contribution in [-0.4, -0.2) is 36.4 Å². The lowest BCUT2D eigenvalue weighted by Gasteiger charge is -2.01. The maximum Gasteiger partial charge on any atom is 0.359 e. The fourth-order valence-corrected chi connectivity index (χ4v) is 1.60. The molecule has 0 saturated carbocycles. The quantitative estimate of drug-likeness (QED) is 0.562. The molecule has 0 spiro atoms. The summed E-state index contributed by atoms with van der Waals surface area (Å²) >= 11 is 1.21. The number of amides is 1. The number of hydrogen-bond donors (Lipinski definition) is 2. The van der Waals surface area contributed by atoms with Gasteiger partial charge in [0.25, 0.3) is 5.91 Å². The van der Waals surface area contributed by atoms with Gasteiger partial charge < -0.3 is 9.94 Å². The number of aliphatic carboxylic acids is 1. The van der Waals surface area contributed by atoms with Gasteiger partial charge in [-0.2, -0.15) is 0 Å². The average molecular weight is 258 g/mol. The van der Waals surface area contributed by atoms with Crippen molar-refractivity contribution >= 4 is 28.9 Å². The van der Waals surface area contributed by atoms with Gasteiger partial charge in [-0.1, -0.05) is 11.2 Å². The molecular weight excluding hydrogens is 248 g/mol. The van der Waals surface area contributed by atoms with Gasteiger partial charge in [-0.05, 0) is 11.4 Å². The molecule has 92 valence electrons. The Kier molecular flexibility index (Phi) is 5.11. The van der Waals surface area contributed by atoms with Crippen LogP contribution >= 0.6 is 11.3 Å². The summed E-state index contributed by atoms with van der Waals surface area (Å²) in [5, 5.41) is 14.0. The molecule has 0 aliphatic rings. The molecule has 1 aromatic rings. The molecule has 0 aliphatic heterocycles. The molecule has 2 N–H and O–H groups in total. The summed E-state index contributed by atoms with van der Waals surface area (Å²) in [6, 6.07) is 3.28. The Labute approximate surface area is 101 Å². The van der Waals surface area contributed by atoms with E-state index in [1.54, 1.807) is 17.5 Å². The number of nitrogens with zero attached hydrogens (tertiary/aromatic N) is 1. The number of carbonyl (C=O) groups is 2. The fourth-order valence-electron chi connectivity index (χ4n) is 0.901. The van der Waals surface area contributed by atoms with E-state index in [2.05, 4.69) is 14.8 Å². The number of rotatable bonds is 6. The van der Waals surface area contributed by atoms with Gasteiger partial charge in [0.05, 0.1) is 12.0 Å². The van der Waals surface area contributed by atoms with Crippen LogP contribution in [-0.2, 0) is 19.3 Å². The summed E-state index contributed by atoms with van der Waals surface area (Å²) < 4.78 is 0. The monoisotopic (exact) mass is 258 g/mol. The maximum absolute atomic E-state index is 10.9. The minimum absolute atomic E-state index is 0.245. The maximum atomic E-state index is 10.9. The van der Waals surface area contributed by atoms with E-state index in [1.165, 1.54) is 18.4 Å². The third kappa shape index (κ3) is 4.21. The Hall–Kier alpha value is -1.93. The molecule has 0 aromatic carbocycles. The highest BCUT2D eigenvalue weighted by molar-refractivity contribution is 7.13. The normalized spacial score (nSPS) is 11.0. The molecule has 0 aliphatic carbocycles. The number of oxime groups is 1. The number of carboxylic acid groups (broad SMARTS) is 1. The summed E-state index contributed by atoms with van der Waals surface area (Å²) in [4.78, 5) is 31.2. The first kappa shape index (κ1) is 13.1. The molecule has 17 heavy (non-hydrogen) atoms. The van der Waals surface area contributed by atoms with E-state index in [0.717, 1.165) is 0 Å². The Bertz CT molecular complexity index is 415. The first-order valence-corrected chi connectivity index (χ1v) is 5.32. The molecule has 1 heterocycles. The van der Waals surface area contributed by atoms with Crippen LogP contribution in [0.1, 0.15) is 4.88 Å². The van der Waals surface area contributed by atoms with Gasteiger partial charge >= 0.3 is 5.97 Å². The topological polar surface area (TPSA) is 97.2 Å². The zero-order chi connectivity index (χ0) is 12.7. The summed E-state index contributed by atoms with van der Waals surface area (Å²) in [6.45, 7) is -0.421. The van der Waals surface area contributed by atoms with E-state index >= 15 is 0 Å². The lowest BCUT2D eigenvalue weighted by Crippen LogP contribution is -2.26. The molecule has 0 unspecified atom stereocenters. The van der Waals surface area contributed by atoms with Crippen LogP contribution < -0.4 is 5.48 Å². The van der Waals surface area contributed by atoms with Crippen molar-refractivity contribution in [3.8, 4) is 0 Å². The van der Waals surface area contributed by atoms with Crippen molar-refractivity contribution in [3.05, 3.63) is 22.4 Å². The molecule has 1 rings (SSSR count). The molecule has 1 aromatic heterocycles. The molecule has 8 heteroatoms. The predicted molar refractivity (Wildman–Crippen MR) is 59.6 cm³/mol. The standard InChI is InChI=1S/C9H10N2O5S/c1-15-10-7(12)5-16-11-8(9(13)14)6-3-2-4-17-6/h2-4H,5H2,1H3,(H,10,12)(H,13,14). The lowest BCUT2D eigenvalue weighted by molar-refractivity contribution is -0.136. The number of carboxylic acids is 1. The first-order chi connectivity index (χ1) is 8.15. The van der Waals surface area contributed by atoms with E-state index in [9.17, 15) is 9.59 Å². The molecule has 1 amide bonds. The highest BCUT2D eigenvalue weighted by atomic mass is 32.1. The summed E-state index contributed by atoms with van der Waals surface area (Å²) in [6.07, 6.45) is 0. The third-order valence-corrected chi connectivity index (χ3v) is 2.40. The summed E-state index contributed by atoms with van der Waals surface area (Å²) in [5.74, 6) is -1.79. The van der Waals surface area contributed by atoms with Gasteiger partial charge in [-0.25, -0.2) is 10.3 Å². The van der Waals surface area contributed by atoms with E-state index in [1.807, 2.05) is 5.48 Å². The van der Waals surface area contributed by atoms with Crippen LogP contribution in [0.3, 0.4) is 0 Å². The van der Waals surface area contributed by atoms with E-state index < -0.39 is 18.5 Å². The largest absolute Gasteiger partial charge is 0.476 e.